The molecular weight excluding hydrogens is 464 g/mol. The smallest absolute Gasteiger partial charge is 0.410 e. The number of amides is 1. The average molecular weight is 505 g/mol. The average Bonchev–Trinajstić information content (AvgIpc) is 2.92. The molecule has 6 nitrogen and oxygen atoms in total. The molecule has 2 heterocycles. The maximum absolute atomic E-state index is 13.4. The normalized spacial score (nSPS) is 27.6. The Hall–Kier alpha value is -2.89. The first-order valence-electron chi connectivity index (χ1n) is 14.3. The molecule has 2 aliphatic carbocycles. The lowest BCUT2D eigenvalue weighted by Crippen LogP contribution is -2.62. The number of ether oxygens (including phenoxy) is 3. The summed E-state index contributed by atoms with van der Waals surface area (Å²) < 4.78 is 18.7. The molecule has 2 aliphatic heterocycles. The van der Waals surface area contributed by atoms with Gasteiger partial charge >= 0.3 is 6.09 Å². The van der Waals surface area contributed by atoms with Crippen LogP contribution in [0.4, 0.5) is 10.5 Å². The molecule has 1 amide bonds. The first-order chi connectivity index (χ1) is 18.1. The van der Waals surface area contributed by atoms with E-state index in [4.69, 9.17) is 14.2 Å². The zero-order valence-electron chi connectivity index (χ0n) is 22.3. The van der Waals surface area contributed by atoms with Crippen LogP contribution in [0.3, 0.4) is 0 Å². The maximum atomic E-state index is 13.4. The number of likely N-dealkylation sites (tertiary alicyclic amines) is 1. The van der Waals surface area contributed by atoms with Crippen molar-refractivity contribution in [3.8, 4) is 11.5 Å². The van der Waals surface area contributed by atoms with Crippen molar-refractivity contribution in [1.82, 2.24) is 4.90 Å². The van der Waals surface area contributed by atoms with Crippen LogP contribution in [0, 0.1) is 5.92 Å². The van der Waals surface area contributed by atoms with Crippen LogP contribution in [-0.4, -0.2) is 42.8 Å². The Balaban J connectivity index is 1.35. The van der Waals surface area contributed by atoms with E-state index in [0.29, 0.717) is 19.1 Å². The number of nitrogens with one attached hydrogen (secondary N) is 1. The second kappa shape index (κ2) is 10.1. The van der Waals surface area contributed by atoms with E-state index in [2.05, 4.69) is 25.2 Å². The van der Waals surface area contributed by atoms with Gasteiger partial charge in [0.15, 0.2) is 0 Å². The number of hydrogen-bond donors (Lipinski definition) is 1. The van der Waals surface area contributed by atoms with Crippen molar-refractivity contribution in [1.29, 1.82) is 0 Å². The Morgan fingerprint density at radius 3 is 2.92 bits per heavy atom. The van der Waals surface area contributed by atoms with Crippen molar-refractivity contribution in [3.63, 3.8) is 0 Å². The number of nitrogens with zero attached hydrogens (tertiary/aromatic N) is 1. The van der Waals surface area contributed by atoms with Gasteiger partial charge in [0.05, 0.1) is 12.6 Å². The summed E-state index contributed by atoms with van der Waals surface area (Å²) in [6, 6.07) is 12.7. The molecule has 37 heavy (non-hydrogen) atoms. The van der Waals surface area contributed by atoms with E-state index in [0.717, 1.165) is 68.0 Å². The van der Waals surface area contributed by atoms with Crippen LogP contribution in [0.5, 0.6) is 11.5 Å². The lowest BCUT2D eigenvalue weighted by Gasteiger charge is -2.58. The first-order valence-corrected chi connectivity index (χ1v) is 14.3. The second-order valence-electron chi connectivity index (χ2n) is 11.4. The lowest BCUT2D eigenvalue weighted by atomic mass is 9.52. The molecule has 2 unspecified atom stereocenters. The number of anilines is 1. The molecule has 2 fully saturated rings. The van der Waals surface area contributed by atoms with Gasteiger partial charge in [0, 0.05) is 23.6 Å². The maximum Gasteiger partial charge on any atom is 0.410 e. The number of hydrogen-bond acceptors (Lipinski definition) is 5. The topological polar surface area (TPSA) is 60.0 Å². The predicted molar refractivity (Wildman–Crippen MR) is 145 cm³/mol. The van der Waals surface area contributed by atoms with Crippen LogP contribution in [0.2, 0.25) is 0 Å². The molecule has 1 saturated heterocycles. The summed E-state index contributed by atoms with van der Waals surface area (Å²) in [6.07, 6.45) is 8.55. The molecule has 2 aromatic rings. The highest BCUT2D eigenvalue weighted by atomic mass is 16.6. The van der Waals surface area contributed by atoms with Gasteiger partial charge in [0.2, 0.25) is 0 Å². The number of unbranched alkanes of at least 4 members (excludes halogenated alkanes) is 1. The first kappa shape index (κ1) is 24.4. The standard InChI is InChI=1S/C31H40N2O4/c1-3-4-16-35-27-18-25-23(29-28(27)32-21(2)19-36-29)17-26-24-12-8-9-13-31(24,25)14-15-33(26)30(34)37-20-22-10-6-5-7-11-22/h5-7,10-11,18,21,24,26,32H,3-4,8-9,12-17,19-20H2,1-2H3/t21?,24?,26-,31-/m0/s1. The second-order valence-corrected chi connectivity index (χ2v) is 11.4. The van der Waals surface area contributed by atoms with Crippen LogP contribution in [0.1, 0.15) is 75.5 Å². The number of carbonyl (C=O) groups excluding carboxylic acids is 1. The Morgan fingerprint density at radius 1 is 1.22 bits per heavy atom. The van der Waals surface area contributed by atoms with Crippen LogP contribution < -0.4 is 14.8 Å². The van der Waals surface area contributed by atoms with E-state index in [9.17, 15) is 4.79 Å². The molecule has 4 atom stereocenters. The number of benzene rings is 2. The minimum atomic E-state index is -0.183. The Bertz CT molecular complexity index is 1140. The van der Waals surface area contributed by atoms with Crippen LogP contribution >= 0.6 is 0 Å². The van der Waals surface area contributed by atoms with Crippen molar-refractivity contribution in [2.75, 3.05) is 25.1 Å². The van der Waals surface area contributed by atoms with Gasteiger partial charge in [-0.15, -0.1) is 0 Å². The zero-order chi connectivity index (χ0) is 25.4. The Kier molecular flexibility index (Phi) is 6.68. The molecule has 1 N–H and O–H groups in total. The van der Waals surface area contributed by atoms with Gasteiger partial charge in [-0.25, -0.2) is 4.79 Å². The van der Waals surface area contributed by atoms with Crippen molar-refractivity contribution < 1.29 is 19.0 Å². The summed E-state index contributed by atoms with van der Waals surface area (Å²) in [7, 11) is 0. The number of rotatable bonds is 6. The largest absolute Gasteiger partial charge is 0.491 e. The zero-order valence-corrected chi connectivity index (χ0v) is 22.3. The summed E-state index contributed by atoms with van der Waals surface area (Å²) in [5.41, 5.74) is 4.80. The van der Waals surface area contributed by atoms with Gasteiger partial charge in [0.25, 0.3) is 0 Å². The number of carbonyl (C=O) groups is 1. The van der Waals surface area contributed by atoms with Gasteiger partial charge in [-0.3, -0.25) is 0 Å². The molecule has 0 aromatic heterocycles. The molecule has 198 valence electrons. The summed E-state index contributed by atoms with van der Waals surface area (Å²) in [5.74, 6) is 2.34. The predicted octanol–water partition coefficient (Wildman–Crippen LogP) is 6.45. The van der Waals surface area contributed by atoms with Crippen molar-refractivity contribution >= 4 is 11.8 Å². The number of fused-ring (bicyclic) bond motifs is 3. The van der Waals surface area contributed by atoms with E-state index in [1.54, 1.807) is 0 Å². The molecule has 6 rings (SSSR count). The van der Waals surface area contributed by atoms with Crippen LogP contribution in [0.25, 0.3) is 0 Å². The third-order valence-corrected chi connectivity index (χ3v) is 9.12. The fourth-order valence-corrected chi connectivity index (χ4v) is 7.36. The lowest BCUT2D eigenvalue weighted by molar-refractivity contribution is -0.0143. The van der Waals surface area contributed by atoms with Crippen molar-refractivity contribution in [2.24, 2.45) is 5.92 Å². The van der Waals surface area contributed by atoms with E-state index < -0.39 is 0 Å². The SMILES string of the molecule is CCCCOc1cc2c(c3c1NC(C)CO3)C[C@H]1C3CCCC[C@@]23CCN1C(=O)OCc1ccccc1. The fourth-order valence-electron chi connectivity index (χ4n) is 7.36. The molecule has 2 bridgehead atoms. The van der Waals surface area contributed by atoms with Gasteiger partial charge < -0.3 is 24.4 Å². The van der Waals surface area contributed by atoms with Crippen LogP contribution in [0.15, 0.2) is 36.4 Å². The van der Waals surface area contributed by atoms with Crippen LogP contribution in [-0.2, 0) is 23.2 Å². The molecule has 6 heteroatoms. The highest BCUT2D eigenvalue weighted by molar-refractivity contribution is 5.75. The Labute approximate surface area is 220 Å². The van der Waals surface area contributed by atoms with E-state index >= 15 is 0 Å². The molecule has 0 spiro atoms. The fraction of sp³-hybridized carbons (Fsp3) is 0.581. The minimum Gasteiger partial charge on any atom is -0.491 e. The minimum absolute atomic E-state index is 0.0804. The third kappa shape index (κ3) is 4.32. The van der Waals surface area contributed by atoms with E-state index in [1.807, 2.05) is 35.2 Å². The third-order valence-electron chi connectivity index (χ3n) is 9.12. The summed E-state index contributed by atoms with van der Waals surface area (Å²) in [5, 5.41) is 3.66. The van der Waals surface area contributed by atoms with Crippen molar-refractivity contribution in [2.45, 2.75) is 89.3 Å². The quantitative estimate of drug-likeness (QED) is 0.458. The van der Waals surface area contributed by atoms with Crippen molar-refractivity contribution in [3.05, 3.63) is 53.1 Å². The summed E-state index contributed by atoms with van der Waals surface area (Å²) in [4.78, 5) is 15.5. The van der Waals surface area contributed by atoms with Gasteiger partial charge in [0.1, 0.15) is 30.4 Å². The molecule has 0 radical (unpaired) electrons. The summed E-state index contributed by atoms with van der Waals surface area (Å²) in [6.45, 7) is 6.76. The molecular formula is C31H40N2O4. The van der Waals surface area contributed by atoms with Gasteiger partial charge in [-0.1, -0.05) is 56.5 Å². The highest BCUT2D eigenvalue weighted by Gasteiger charge is 2.56. The van der Waals surface area contributed by atoms with Gasteiger partial charge in [-0.2, -0.15) is 0 Å². The molecule has 4 aliphatic rings. The molecule has 1 saturated carbocycles. The van der Waals surface area contributed by atoms with Gasteiger partial charge in [-0.05, 0) is 62.1 Å². The van der Waals surface area contributed by atoms with E-state index in [1.165, 1.54) is 30.4 Å². The highest BCUT2D eigenvalue weighted by Crippen LogP contribution is 2.59. The summed E-state index contributed by atoms with van der Waals surface area (Å²) >= 11 is 0. The van der Waals surface area contributed by atoms with E-state index in [-0.39, 0.29) is 23.6 Å². The monoisotopic (exact) mass is 504 g/mol. The molecule has 2 aromatic carbocycles. The number of piperidine rings is 1. The Morgan fingerprint density at radius 2 is 2.08 bits per heavy atom.